The summed E-state index contributed by atoms with van der Waals surface area (Å²) in [5.74, 6) is 0. The SMILES string of the molecule is ClC(/C=N/n1cnnc1)=C/c1ccccc1. The van der Waals surface area contributed by atoms with Crippen molar-refractivity contribution in [1.29, 1.82) is 0 Å². The van der Waals surface area contributed by atoms with Crippen LogP contribution in [0.25, 0.3) is 6.08 Å². The Hall–Kier alpha value is -1.94. The van der Waals surface area contributed by atoms with Gasteiger partial charge in [0.15, 0.2) is 0 Å². The molecular formula is C11H9ClN4. The van der Waals surface area contributed by atoms with Gasteiger partial charge in [-0.1, -0.05) is 41.9 Å². The second kappa shape index (κ2) is 5.23. The van der Waals surface area contributed by atoms with Gasteiger partial charge in [-0.15, -0.1) is 10.2 Å². The van der Waals surface area contributed by atoms with Gasteiger partial charge in [0.05, 0.1) is 11.2 Å². The van der Waals surface area contributed by atoms with Crippen LogP contribution in [0.5, 0.6) is 0 Å². The molecule has 0 bridgehead atoms. The van der Waals surface area contributed by atoms with E-state index in [-0.39, 0.29) is 0 Å². The monoisotopic (exact) mass is 232 g/mol. The van der Waals surface area contributed by atoms with E-state index in [4.69, 9.17) is 11.6 Å². The van der Waals surface area contributed by atoms with Gasteiger partial charge >= 0.3 is 0 Å². The van der Waals surface area contributed by atoms with Crippen LogP contribution in [0.15, 0.2) is 53.1 Å². The molecule has 2 aromatic rings. The highest BCUT2D eigenvalue weighted by Crippen LogP contribution is 2.07. The predicted octanol–water partition coefficient (Wildman–Crippen LogP) is 2.39. The molecular weight excluding hydrogens is 224 g/mol. The Morgan fingerprint density at radius 1 is 1.19 bits per heavy atom. The molecule has 1 aromatic heterocycles. The van der Waals surface area contributed by atoms with Gasteiger partial charge in [-0.25, -0.2) is 4.68 Å². The topological polar surface area (TPSA) is 43.1 Å². The highest BCUT2D eigenvalue weighted by molar-refractivity contribution is 6.41. The van der Waals surface area contributed by atoms with E-state index in [1.807, 2.05) is 36.4 Å². The molecule has 0 saturated carbocycles. The lowest BCUT2D eigenvalue weighted by Gasteiger charge is -1.92. The van der Waals surface area contributed by atoms with Crippen molar-refractivity contribution in [2.75, 3.05) is 0 Å². The molecule has 0 fully saturated rings. The maximum Gasteiger partial charge on any atom is 0.141 e. The molecule has 0 unspecified atom stereocenters. The van der Waals surface area contributed by atoms with Crippen molar-refractivity contribution in [3.63, 3.8) is 0 Å². The van der Waals surface area contributed by atoms with Gasteiger partial charge in [0, 0.05) is 0 Å². The van der Waals surface area contributed by atoms with Gasteiger partial charge in [0.2, 0.25) is 0 Å². The Labute approximate surface area is 97.9 Å². The van der Waals surface area contributed by atoms with Crippen molar-refractivity contribution >= 4 is 23.9 Å². The molecule has 5 heteroatoms. The molecule has 1 aromatic carbocycles. The average molecular weight is 233 g/mol. The minimum absolute atomic E-state index is 0.542. The Balaban J connectivity index is 2.09. The summed E-state index contributed by atoms with van der Waals surface area (Å²) in [5.41, 5.74) is 1.03. The molecule has 0 amide bonds. The number of aromatic nitrogens is 3. The minimum atomic E-state index is 0.542. The first-order valence-corrected chi connectivity index (χ1v) is 5.03. The third kappa shape index (κ3) is 3.03. The molecule has 0 radical (unpaired) electrons. The van der Waals surface area contributed by atoms with E-state index in [9.17, 15) is 0 Å². The normalized spacial score (nSPS) is 12.2. The van der Waals surface area contributed by atoms with Gasteiger partial charge in [0.1, 0.15) is 12.7 Å². The first-order chi connectivity index (χ1) is 7.84. The van der Waals surface area contributed by atoms with Crippen molar-refractivity contribution in [3.8, 4) is 0 Å². The van der Waals surface area contributed by atoms with Crippen LogP contribution in [-0.2, 0) is 0 Å². The second-order valence-electron chi connectivity index (χ2n) is 3.03. The fraction of sp³-hybridized carbons (Fsp3) is 0. The largest absolute Gasteiger partial charge is 0.208 e. The van der Waals surface area contributed by atoms with Crippen molar-refractivity contribution in [1.82, 2.24) is 14.9 Å². The van der Waals surface area contributed by atoms with Crippen LogP contribution in [0, 0.1) is 0 Å². The van der Waals surface area contributed by atoms with Crippen LogP contribution in [0.1, 0.15) is 5.56 Å². The summed E-state index contributed by atoms with van der Waals surface area (Å²) in [6, 6.07) is 9.79. The Bertz CT molecular complexity index is 488. The fourth-order valence-electron chi connectivity index (χ4n) is 1.12. The second-order valence-corrected chi connectivity index (χ2v) is 3.46. The predicted molar refractivity (Wildman–Crippen MR) is 64.2 cm³/mol. The molecule has 0 atom stereocenters. The zero-order valence-corrected chi connectivity index (χ0v) is 9.12. The number of hydrogen-bond donors (Lipinski definition) is 0. The van der Waals surface area contributed by atoms with E-state index in [0.717, 1.165) is 5.56 Å². The minimum Gasteiger partial charge on any atom is -0.208 e. The Morgan fingerprint density at radius 2 is 1.88 bits per heavy atom. The maximum absolute atomic E-state index is 5.99. The van der Waals surface area contributed by atoms with Gasteiger partial charge < -0.3 is 0 Å². The van der Waals surface area contributed by atoms with Gasteiger partial charge in [-0.05, 0) is 11.6 Å². The molecule has 0 N–H and O–H groups in total. The molecule has 4 nitrogen and oxygen atoms in total. The first kappa shape index (κ1) is 10.6. The van der Waals surface area contributed by atoms with E-state index >= 15 is 0 Å². The summed E-state index contributed by atoms with van der Waals surface area (Å²) < 4.78 is 1.47. The molecule has 80 valence electrons. The highest BCUT2D eigenvalue weighted by atomic mass is 35.5. The van der Waals surface area contributed by atoms with E-state index in [0.29, 0.717) is 5.03 Å². The lowest BCUT2D eigenvalue weighted by molar-refractivity contribution is 0.879. The molecule has 0 spiro atoms. The number of rotatable bonds is 3. The lowest BCUT2D eigenvalue weighted by Crippen LogP contribution is -1.84. The number of hydrogen-bond acceptors (Lipinski definition) is 3. The fourth-order valence-corrected chi connectivity index (χ4v) is 1.29. The third-order valence-electron chi connectivity index (χ3n) is 1.83. The van der Waals surface area contributed by atoms with Crippen molar-refractivity contribution in [2.45, 2.75) is 0 Å². The number of halogens is 1. The van der Waals surface area contributed by atoms with Gasteiger partial charge in [-0.3, -0.25) is 0 Å². The Kier molecular flexibility index (Phi) is 3.46. The molecule has 0 aliphatic heterocycles. The highest BCUT2D eigenvalue weighted by Gasteiger charge is 1.90. The van der Waals surface area contributed by atoms with Crippen molar-refractivity contribution < 1.29 is 0 Å². The summed E-state index contributed by atoms with van der Waals surface area (Å²) in [6.45, 7) is 0. The molecule has 16 heavy (non-hydrogen) atoms. The van der Waals surface area contributed by atoms with Crippen LogP contribution in [0.3, 0.4) is 0 Å². The summed E-state index contributed by atoms with van der Waals surface area (Å²) in [6.07, 6.45) is 6.35. The maximum atomic E-state index is 5.99. The first-order valence-electron chi connectivity index (χ1n) is 4.66. The van der Waals surface area contributed by atoms with Crippen molar-refractivity contribution in [2.24, 2.45) is 5.10 Å². The van der Waals surface area contributed by atoms with Crippen LogP contribution in [0.2, 0.25) is 0 Å². The zero-order valence-electron chi connectivity index (χ0n) is 8.36. The van der Waals surface area contributed by atoms with E-state index in [1.54, 1.807) is 0 Å². The van der Waals surface area contributed by atoms with Gasteiger partial charge in [0.25, 0.3) is 0 Å². The van der Waals surface area contributed by atoms with Crippen LogP contribution in [0.4, 0.5) is 0 Å². The molecule has 2 rings (SSSR count). The van der Waals surface area contributed by atoms with Crippen LogP contribution < -0.4 is 0 Å². The van der Waals surface area contributed by atoms with E-state index < -0.39 is 0 Å². The van der Waals surface area contributed by atoms with Crippen LogP contribution >= 0.6 is 11.6 Å². The summed E-state index contributed by atoms with van der Waals surface area (Å²) in [5, 5.41) is 11.8. The van der Waals surface area contributed by atoms with E-state index in [2.05, 4.69) is 15.3 Å². The standard InChI is InChI=1S/C11H9ClN4/c12-11(6-10-4-2-1-3-5-10)7-15-16-8-13-14-9-16/h1-9H/b11-6+,15-7+. The smallest absolute Gasteiger partial charge is 0.141 e. The number of benzene rings is 1. The average Bonchev–Trinajstić information content (AvgIpc) is 2.81. The zero-order chi connectivity index (χ0) is 11.2. The summed E-state index contributed by atoms with van der Waals surface area (Å²) >= 11 is 5.99. The quantitative estimate of drug-likeness (QED) is 0.763. The van der Waals surface area contributed by atoms with E-state index in [1.165, 1.54) is 23.5 Å². The Morgan fingerprint density at radius 3 is 2.56 bits per heavy atom. The van der Waals surface area contributed by atoms with Gasteiger partial charge in [-0.2, -0.15) is 5.10 Å². The summed E-state index contributed by atoms with van der Waals surface area (Å²) in [7, 11) is 0. The summed E-state index contributed by atoms with van der Waals surface area (Å²) in [4.78, 5) is 0. The molecule has 1 heterocycles. The molecule has 0 saturated heterocycles. The lowest BCUT2D eigenvalue weighted by atomic mass is 10.2. The third-order valence-corrected chi connectivity index (χ3v) is 2.03. The molecule has 0 aliphatic carbocycles. The molecule has 0 aliphatic rings. The van der Waals surface area contributed by atoms with Crippen molar-refractivity contribution in [3.05, 3.63) is 53.6 Å². The number of nitrogens with zero attached hydrogens (tertiary/aromatic N) is 4. The number of allylic oxidation sites excluding steroid dienone is 1. The van der Waals surface area contributed by atoms with Crippen LogP contribution in [-0.4, -0.2) is 21.1 Å².